The SMILES string of the molecule is O=C1c2ccccc2C(O)N1CCc1ccsc1. The molecule has 2 heterocycles. The highest BCUT2D eigenvalue weighted by Gasteiger charge is 2.34. The second kappa shape index (κ2) is 4.55. The van der Waals surface area contributed by atoms with Crippen molar-refractivity contribution in [1.29, 1.82) is 0 Å². The number of rotatable bonds is 3. The molecule has 2 aromatic rings. The van der Waals surface area contributed by atoms with E-state index < -0.39 is 6.23 Å². The van der Waals surface area contributed by atoms with Crippen molar-refractivity contribution in [2.24, 2.45) is 0 Å². The van der Waals surface area contributed by atoms with Gasteiger partial charge in [-0.2, -0.15) is 11.3 Å². The Morgan fingerprint density at radius 2 is 2.11 bits per heavy atom. The molecule has 18 heavy (non-hydrogen) atoms. The van der Waals surface area contributed by atoms with Crippen molar-refractivity contribution in [3.8, 4) is 0 Å². The molecule has 1 atom stereocenters. The Labute approximate surface area is 109 Å². The molecule has 3 nitrogen and oxygen atoms in total. The van der Waals surface area contributed by atoms with Gasteiger partial charge in [-0.3, -0.25) is 4.79 Å². The van der Waals surface area contributed by atoms with Gasteiger partial charge in [0, 0.05) is 17.7 Å². The summed E-state index contributed by atoms with van der Waals surface area (Å²) in [5.74, 6) is -0.0756. The van der Waals surface area contributed by atoms with E-state index in [0.717, 1.165) is 6.42 Å². The Balaban J connectivity index is 1.77. The Hall–Kier alpha value is -1.65. The highest BCUT2D eigenvalue weighted by Crippen LogP contribution is 2.31. The topological polar surface area (TPSA) is 40.5 Å². The van der Waals surface area contributed by atoms with E-state index in [0.29, 0.717) is 17.7 Å². The van der Waals surface area contributed by atoms with E-state index in [1.807, 2.05) is 29.6 Å². The Morgan fingerprint density at radius 1 is 1.28 bits per heavy atom. The van der Waals surface area contributed by atoms with Crippen LogP contribution in [0.3, 0.4) is 0 Å². The fraction of sp³-hybridized carbons (Fsp3) is 0.214. The minimum absolute atomic E-state index is 0.0756. The Morgan fingerprint density at radius 3 is 2.83 bits per heavy atom. The van der Waals surface area contributed by atoms with Gasteiger partial charge in [0.25, 0.3) is 5.91 Å². The lowest BCUT2D eigenvalue weighted by Crippen LogP contribution is -2.30. The quantitative estimate of drug-likeness (QED) is 0.919. The van der Waals surface area contributed by atoms with Crippen LogP contribution >= 0.6 is 11.3 Å². The largest absolute Gasteiger partial charge is 0.369 e. The van der Waals surface area contributed by atoms with Gasteiger partial charge >= 0.3 is 0 Å². The summed E-state index contributed by atoms with van der Waals surface area (Å²) in [7, 11) is 0. The van der Waals surface area contributed by atoms with Crippen LogP contribution in [0.5, 0.6) is 0 Å². The molecule has 1 aromatic carbocycles. The molecule has 0 radical (unpaired) electrons. The minimum Gasteiger partial charge on any atom is -0.369 e. The highest BCUT2D eigenvalue weighted by atomic mass is 32.1. The summed E-state index contributed by atoms with van der Waals surface area (Å²) >= 11 is 1.65. The first-order chi connectivity index (χ1) is 8.77. The summed E-state index contributed by atoms with van der Waals surface area (Å²) in [4.78, 5) is 13.7. The molecule has 0 aliphatic carbocycles. The summed E-state index contributed by atoms with van der Waals surface area (Å²) in [6.07, 6.45) is -0.0207. The second-order valence-electron chi connectivity index (χ2n) is 4.34. The third-order valence-corrected chi connectivity index (χ3v) is 3.98. The first-order valence-electron chi connectivity index (χ1n) is 5.86. The summed E-state index contributed by atoms with van der Waals surface area (Å²) in [5, 5.41) is 14.2. The summed E-state index contributed by atoms with van der Waals surface area (Å²) in [6.45, 7) is 0.547. The van der Waals surface area contributed by atoms with Gasteiger partial charge in [-0.05, 0) is 34.9 Å². The number of thiophene rings is 1. The number of nitrogens with zero attached hydrogens (tertiary/aromatic N) is 1. The molecule has 1 aliphatic heterocycles. The lowest BCUT2D eigenvalue weighted by molar-refractivity contribution is 0.0182. The fourth-order valence-corrected chi connectivity index (χ4v) is 2.96. The van der Waals surface area contributed by atoms with E-state index in [4.69, 9.17) is 0 Å². The first kappa shape index (κ1) is 11.4. The number of aliphatic hydroxyl groups is 1. The van der Waals surface area contributed by atoms with Crippen molar-refractivity contribution < 1.29 is 9.90 Å². The van der Waals surface area contributed by atoms with E-state index in [1.165, 1.54) is 10.5 Å². The summed E-state index contributed by atoms with van der Waals surface area (Å²) in [5.41, 5.74) is 2.54. The van der Waals surface area contributed by atoms with Gasteiger partial charge in [0.1, 0.15) is 0 Å². The van der Waals surface area contributed by atoms with Gasteiger partial charge in [0.15, 0.2) is 6.23 Å². The maximum atomic E-state index is 12.1. The predicted octanol–water partition coefficient (Wildman–Crippen LogP) is 2.44. The van der Waals surface area contributed by atoms with Crippen LogP contribution in [0.15, 0.2) is 41.1 Å². The summed E-state index contributed by atoms with van der Waals surface area (Å²) in [6, 6.07) is 9.29. The monoisotopic (exact) mass is 259 g/mol. The fourth-order valence-electron chi connectivity index (χ4n) is 2.26. The van der Waals surface area contributed by atoms with E-state index in [1.54, 1.807) is 17.4 Å². The van der Waals surface area contributed by atoms with Crippen molar-refractivity contribution in [3.63, 3.8) is 0 Å². The van der Waals surface area contributed by atoms with Gasteiger partial charge in [0.2, 0.25) is 0 Å². The smallest absolute Gasteiger partial charge is 0.256 e. The van der Waals surface area contributed by atoms with Crippen LogP contribution < -0.4 is 0 Å². The normalized spacial score (nSPS) is 18.2. The van der Waals surface area contributed by atoms with E-state index in [9.17, 15) is 9.90 Å². The van der Waals surface area contributed by atoms with Crippen LogP contribution in [0.2, 0.25) is 0 Å². The molecule has 0 fully saturated rings. The number of hydrogen-bond donors (Lipinski definition) is 1. The number of fused-ring (bicyclic) bond motifs is 1. The molecule has 3 rings (SSSR count). The molecule has 4 heteroatoms. The zero-order chi connectivity index (χ0) is 12.5. The zero-order valence-electron chi connectivity index (χ0n) is 9.74. The molecule has 0 saturated carbocycles. The number of benzene rings is 1. The highest BCUT2D eigenvalue weighted by molar-refractivity contribution is 7.07. The van der Waals surface area contributed by atoms with Crippen LogP contribution in [0, 0.1) is 0 Å². The summed E-state index contributed by atoms with van der Waals surface area (Å²) < 4.78 is 0. The third kappa shape index (κ3) is 1.83. The van der Waals surface area contributed by atoms with Crippen molar-refractivity contribution >= 4 is 17.2 Å². The second-order valence-corrected chi connectivity index (χ2v) is 5.12. The molecule has 0 bridgehead atoms. The van der Waals surface area contributed by atoms with Crippen molar-refractivity contribution in [2.75, 3.05) is 6.54 Å². The van der Waals surface area contributed by atoms with E-state index >= 15 is 0 Å². The van der Waals surface area contributed by atoms with Gasteiger partial charge in [0.05, 0.1) is 0 Å². The van der Waals surface area contributed by atoms with Crippen LogP contribution in [0.1, 0.15) is 27.7 Å². The van der Waals surface area contributed by atoms with Crippen LogP contribution in [-0.4, -0.2) is 22.5 Å². The molecule has 1 aliphatic rings. The van der Waals surface area contributed by atoms with Crippen molar-refractivity contribution in [3.05, 3.63) is 57.8 Å². The molecule has 1 N–H and O–H groups in total. The minimum atomic E-state index is -0.799. The first-order valence-corrected chi connectivity index (χ1v) is 6.80. The number of hydrogen-bond acceptors (Lipinski definition) is 3. The number of carbonyl (C=O) groups is 1. The molecule has 1 unspecified atom stereocenters. The predicted molar refractivity (Wildman–Crippen MR) is 70.5 cm³/mol. The van der Waals surface area contributed by atoms with E-state index in [2.05, 4.69) is 5.38 Å². The molecule has 0 spiro atoms. The standard InChI is InChI=1S/C14H13NO2S/c16-13-11-3-1-2-4-12(11)14(17)15(13)7-5-10-6-8-18-9-10/h1-4,6,8-9,13,16H,5,7H2. The van der Waals surface area contributed by atoms with Gasteiger partial charge in [-0.1, -0.05) is 18.2 Å². The van der Waals surface area contributed by atoms with Gasteiger partial charge in [-0.15, -0.1) is 0 Å². The molecule has 1 aromatic heterocycles. The van der Waals surface area contributed by atoms with Crippen LogP contribution in [0.25, 0.3) is 0 Å². The lowest BCUT2D eigenvalue weighted by Gasteiger charge is -2.20. The van der Waals surface area contributed by atoms with Crippen molar-refractivity contribution in [2.45, 2.75) is 12.6 Å². The average Bonchev–Trinajstić information content (AvgIpc) is 2.98. The Bertz CT molecular complexity index is 565. The maximum absolute atomic E-state index is 12.1. The number of amides is 1. The molecular formula is C14H13NO2S. The molecule has 0 saturated heterocycles. The maximum Gasteiger partial charge on any atom is 0.256 e. The average molecular weight is 259 g/mol. The number of aliphatic hydroxyl groups excluding tert-OH is 1. The van der Waals surface area contributed by atoms with Crippen molar-refractivity contribution in [1.82, 2.24) is 4.90 Å². The van der Waals surface area contributed by atoms with E-state index in [-0.39, 0.29) is 5.91 Å². The molecule has 92 valence electrons. The van der Waals surface area contributed by atoms with Gasteiger partial charge in [-0.25, -0.2) is 0 Å². The van der Waals surface area contributed by atoms with Crippen LogP contribution in [-0.2, 0) is 6.42 Å². The number of carbonyl (C=O) groups excluding carboxylic acids is 1. The van der Waals surface area contributed by atoms with Crippen LogP contribution in [0.4, 0.5) is 0 Å². The lowest BCUT2D eigenvalue weighted by atomic mass is 10.1. The third-order valence-electron chi connectivity index (χ3n) is 3.25. The molecule has 1 amide bonds. The molecular weight excluding hydrogens is 246 g/mol. The Kier molecular flexibility index (Phi) is 2.89. The van der Waals surface area contributed by atoms with Gasteiger partial charge < -0.3 is 10.0 Å². The zero-order valence-corrected chi connectivity index (χ0v) is 10.6.